The molecular formula is C22H26N6O3. The molecule has 9 heteroatoms. The molecule has 0 aliphatic carbocycles. The smallest absolute Gasteiger partial charge is 0.268 e. The molecule has 162 valence electrons. The summed E-state index contributed by atoms with van der Waals surface area (Å²) in [5, 5.41) is 6.14. The first-order chi connectivity index (χ1) is 14.8. The fourth-order valence-corrected chi connectivity index (χ4v) is 4.15. The lowest BCUT2D eigenvalue weighted by atomic mass is 9.99. The maximum Gasteiger partial charge on any atom is 0.268 e. The van der Waals surface area contributed by atoms with E-state index in [0.29, 0.717) is 41.3 Å². The molecule has 2 aliphatic rings. The van der Waals surface area contributed by atoms with E-state index in [-0.39, 0.29) is 5.91 Å². The molecule has 0 saturated carbocycles. The summed E-state index contributed by atoms with van der Waals surface area (Å²) in [5.41, 5.74) is 7.78. The molecule has 0 bridgehead atoms. The van der Waals surface area contributed by atoms with Crippen LogP contribution in [0.4, 0.5) is 23.1 Å². The van der Waals surface area contributed by atoms with Crippen LogP contribution in [-0.4, -0.2) is 41.1 Å². The number of ether oxygens (including phenoxy) is 1. The molecule has 4 heterocycles. The first-order valence-corrected chi connectivity index (χ1v) is 10.5. The highest BCUT2D eigenvalue weighted by Crippen LogP contribution is 2.37. The lowest BCUT2D eigenvalue weighted by Gasteiger charge is -2.31. The predicted octanol–water partition coefficient (Wildman–Crippen LogP) is 3.11. The molecule has 9 nitrogen and oxygen atoms in total. The van der Waals surface area contributed by atoms with Gasteiger partial charge in [0.1, 0.15) is 11.3 Å². The molecule has 2 unspecified atom stereocenters. The van der Waals surface area contributed by atoms with Crippen molar-refractivity contribution in [1.29, 1.82) is 0 Å². The topological polar surface area (TPSA) is 119 Å². The van der Waals surface area contributed by atoms with Gasteiger partial charge in [0.2, 0.25) is 5.95 Å². The normalized spacial score (nSPS) is 22.2. The summed E-state index contributed by atoms with van der Waals surface area (Å²) < 4.78 is 11.5. The second-order valence-corrected chi connectivity index (χ2v) is 8.79. The zero-order chi connectivity index (χ0) is 21.8. The largest absolute Gasteiger partial charge is 0.476 e. The SMILES string of the molecule is CC1CN(c2nc(Nc3ccc4c(c3)NC(=O)C(C)(C)O4)nc3ccoc23)CC1CN. The molecule has 0 radical (unpaired) electrons. The molecular weight excluding hydrogens is 396 g/mol. The van der Waals surface area contributed by atoms with Crippen LogP contribution in [0.5, 0.6) is 5.75 Å². The van der Waals surface area contributed by atoms with Crippen LogP contribution in [0.25, 0.3) is 11.1 Å². The summed E-state index contributed by atoms with van der Waals surface area (Å²) in [6, 6.07) is 7.34. The third kappa shape index (κ3) is 3.44. The molecule has 31 heavy (non-hydrogen) atoms. The van der Waals surface area contributed by atoms with E-state index in [2.05, 4.69) is 27.4 Å². The van der Waals surface area contributed by atoms with E-state index in [1.54, 1.807) is 20.1 Å². The summed E-state index contributed by atoms with van der Waals surface area (Å²) in [7, 11) is 0. The van der Waals surface area contributed by atoms with Gasteiger partial charge in [0.15, 0.2) is 17.0 Å². The van der Waals surface area contributed by atoms with Crippen molar-refractivity contribution in [3.63, 3.8) is 0 Å². The highest BCUT2D eigenvalue weighted by atomic mass is 16.5. The molecule has 4 N–H and O–H groups in total. The number of fused-ring (bicyclic) bond motifs is 2. The minimum Gasteiger partial charge on any atom is -0.476 e. The Balaban J connectivity index is 1.46. The number of nitrogens with one attached hydrogen (secondary N) is 2. The third-order valence-electron chi connectivity index (χ3n) is 6.05. The van der Waals surface area contributed by atoms with Gasteiger partial charge in [0.25, 0.3) is 5.91 Å². The molecule has 3 aromatic rings. The van der Waals surface area contributed by atoms with Crippen LogP contribution in [0.3, 0.4) is 0 Å². The van der Waals surface area contributed by atoms with Crippen LogP contribution in [0.1, 0.15) is 20.8 Å². The lowest BCUT2D eigenvalue weighted by molar-refractivity contribution is -0.129. The van der Waals surface area contributed by atoms with Gasteiger partial charge in [-0.25, -0.2) is 4.98 Å². The quantitative estimate of drug-likeness (QED) is 0.587. The molecule has 1 saturated heterocycles. The third-order valence-corrected chi connectivity index (χ3v) is 6.05. The van der Waals surface area contributed by atoms with Crippen LogP contribution in [-0.2, 0) is 4.79 Å². The molecule has 2 atom stereocenters. The van der Waals surface area contributed by atoms with E-state index in [4.69, 9.17) is 19.9 Å². The first-order valence-electron chi connectivity index (χ1n) is 10.5. The summed E-state index contributed by atoms with van der Waals surface area (Å²) in [6.45, 7) is 8.04. The van der Waals surface area contributed by atoms with Crippen molar-refractivity contribution in [2.24, 2.45) is 17.6 Å². The molecule has 0 spiro atoms. The van der Waals surface area contributed by atoms with Crippen LogP contribution in [0, 0.1) is 11.8 Å². The van der Waals surface area contributed by atoms with Crippen LogP contribution < -0.4 is 26.0 Å². The summed E-state index contributed by atoms with van der Waals surface area (Å²) in [4.78, 5) is 23.8. The number of amides is 1. The molecule has 5 rings (SSSR count). The van der Waals surface area contributed by atoms with Gasteiger partial charge in [-0.05, 0) is 50.4 Å². The monoisotopic (exact) mass is 422 g/mol. The Hall–Kier alpha value is -3.33. The number of furan rings is 1. The Morgan fingerprint density at radius 3 is 2.90 bits per heavy atom. The van der Waals surface area contributed by atoms with Gasteiger partial charge in [-0.1, -0.05) is 6.92 Å². The number of benzene rings is 1. The van der Waals surface area contributed by atoms with Crippen molar-refractivity contribution in [3.8, 4) is 5.75 Å². The second-order valence-electron chi connectivity index (χ2n) is 8.79. The molecule has 2 aromatic heterocycles. The summed E-state index contributed by atoms with van der Waals surface area (Å²) in [5.74, 6) is 2.56. The van der Waals surface area contributed by atoms with Gasteiger partial charge in [-0.15, -0.1) is 0 Å². The summed E-state index contributed by atoms with van der Waals surface area (Å²) in [6.07, 6.45) is 1.63. The zero-order valence-corrected chi connectivity index (χ0v) is 17.8. The van der Waals surface area contributed by atoms with Gasteiger partial charge < -0.3 is 30.4 Å². The Bertz CT molecular complexity index is 1160. The van der Waals surface area contributed by atoms with Crippen molar-refractivity contribution in [2.75, 3.05) is 35.2 Å². The number of aromatic nitrogens is 2. The van der Waals surface area contributed by atoms with Crippen molar-refractivity contribution < 1.29 is 13.9 Å². The number of carbonyl (C=O) groups is 1. The Labute approximate surface area is 180 Å². The number of hydrogen-bond acceptors (Lipinski definition) is 8. The van der Waals surface area contributed by atoms with E-state index >= 15 is 0 Å². The maximum atomic E-state index is 12.2. The Morgan fingerprint density at radius 1 is 1.29 bits per heavy atom. The number of nitrogens with zero attached hydrogens (tertiary/aromatic N) is 3. The highest BCUT2D eigenvalue weighted by molar-refractivity contribution is 6.00. The first kappa shape index (κ1) is 19.6. The minimum absolute atomic E-state index is 0.187. The maximum absolute atomic E-state index is 12.2. The van der Waals surface area contributed by atoms with Gasteiger partial charge in [0, 0.05) is 24.8 Å². The Morgan fingerprint density at radius 2 is 2.13 bits per heavy atom. The highest BCUT2D eigenvalue weighted by Gasteiger charge is 2.35. The Kier molecular flexibility index (Phi) is 4.51. The van der Waals surface area contributed by atoms with Crippen molar-refractivity contribution >= 4 is 40.1 Å². The van der Waals surface area contributed by atoms with Crippen LogP contribution >= 0.6 is 0 Å². The molecule has 1 amide bonds. The summed E-state index contributed by atoms with van der Waals surface area (Å²) >= 11 is 0. The predicted molar refractivity (Wildman–Crippen MR) is 119 cm³/mol. The van der Waals surface area contributed by atoms with E-state index in [0.717, 1.165) is 30.1 Å². The molecule has 1 fully saturated rings. The van der Waals surface area contributed by atoms with Crippen LogP contribution in [0.15, 0.2) is 34.9 Å². The fourth-order valence-electron chi connectivity index (χ4n) is 4.15. The number of hydrogen-bond donors (Lipinski definition) is 3. The lowest BCUT2D eigenvalue weighted by Crippen LogP contribution is -2.45. The van der Waals surface area contributed by atoms with E-state index < -0.39 is 5.60 Å². The second kappa shape index (κ2) is 7.12. The fraction of sp³-hybridized carbons (Fsp3) is 0.409. The van der Waals surface area contributed by atoms with Crippen molar-refractivity contribution in [3.05, 3.63) is 30.5 Å². The number of carbonyl (C=O) groups excluding carboxylic acids is 1. The number of rotatable bonds is 4. The van der Waals surface area contributed by atoms with Gasteiger partial charge >= 0.3 is 0 Å². The zero-order valence-electron chi connectivity index (χ0n) is 17.8. The average molecular weight is 422 g/mol. The van der Waals surface area contributed by atoms with Crippen LogP contribution in [0.2, 0.25) is 0 Å². The molecule has 2 aliphatic heterocycles. The number of anilines is 4. The van der Waals surface area contributed by atoms with Crippen molar-refractivity contribution in [2.45, 2.75) is 26.4 Å². The van der Waals surface area contributed by atoms with E-state index in [1.165, 1.54) is 0 Å². The van der Waals surface area contributed by atoms with Crippen molar-refractivity contribution in [1.82, 2.24) is 9.97 Å². The van der Waals surface area contributed by atoms with E-state index in [1.807, 2.05) is 24.3 Å². The van der Waals surface area contributed by atoms with E-state index in [9.17, 15) is 4.79 Å². The van der Waals surface area contributed by atoms with Gasteiger partial charge in [0.05, 0.1) is 12.0 Å². The van der Waals surface area contributed by atoms with Gasteiger partial charge in [-0.2, -0.15) is 4.98 Å². The number of nitrogens with two attached hydrogens (primary N) is 1. The minimum atomic E-state index is -0.902. The standard InChI is InChI=1S/C22H26N6O3/c1-12-10-28(11-13(12)9-23)19-18-15(6-7-30-18)26-21(27-19)24-14-4-5-17-16(8-14)25-20(29)22(2,3)31-17/h4-8,12-13H,9-11,23H2,1-3H3,(H,25,29)(H,24,26,27). The average Bonchev–Trinajstić information content (AvgIpc) is 3.34. The molecule has 1 aromatic carbocycles. The van der Waals surface area contributed by atoms with Gasteiger partial charge in [-0.3, -0.25) is 4.79 Å².